The lowest BCUT2D eigenvalue weighted by molar-refractivity contribution is -0.118. The molecule has 222 valence electrons. The number of halogens is 2. The summed E-state index contributed by atoms with van der Waals surface area (Å²) in [7, 11) is 1.52. The number of hydrogen-bond donors (Lipinski definition) is 3. The topological polar surface area (TPSA) is 114 Å². The van der Waals surface area contributed by atoms with Crippen LogP contribution in [0.5, 0.6) is 11.5 Å². The summed E-state index contributed by atoms with van der Waals surface area (Å²) in [6.45, 7) is -0.267. The predicted molar refractivity (Wildman–Crippen MR) is 176 cm³/mol. The first-order chi connectivity index (χ1) is 21.4. The van der Waals surface area contributed by atoms with Gasteiger partial charge in [-0.05, 0) is 66.7 Å². The van der Waals surface area contributed by atoms with E-state index in [4.69, 9.17) is 32.7 Å². The molecule has 0 aliphatic rings. The SMILES string of the molecule is COc1ccccc1NC(=O)COc1ccc(Cl)cc1/C=N\NC(=O)c1ccc(-c2csc(Nc3ccc(Cl)cc3)n2)cc1. The van der Waals surface area contributed by atoms with Crippen molar-refractivity contribution in [2.24, 2.45) is 5.10 Å². The van der Waals surface area contributed by atoms with Gasteiger partial charge in [-0.15, -0.1) is 11.3 Å². The van der Waals surface area contributed by atoms with Crippen molar-refractivity contribution < 1.29 is 19.1 Å². The van der Waals surface area contributed by atoms with Gasteiger partial charge < -0.3 is 20.1 Å². The zero-order valence-corrected chi connectivity index (χ0v) is 25.5. The number of para-hydroxylation sites is 2. The van der Waals surface area contributed by atoms with Gasteiger partial charge >= 0.3 is 0 Å². The molecule has 12 heteroatoms. The molecule has 0 atom stereocenters. The Morgan fingerprint density at radius 2 is 1.68 bits per heavy atom. The highest BCUT2D eigenvalue weighted by atomic mass is 35.5. The van der Waals surface area contributed by atoms with E-state index in [-0.39, 0.29) is 12.5 Å². The molecule has 0 spiro atoms. The van der Waals surface area contributed by atoms with E-state index in [2.05, 4.69) is 26.1 Å². The number of nitrogens with zero attached hydrogens (tertiary/aromatic N) is 2. The number of rotatable bonds is 11. The number of amides is 2. The van der Waals surface area contributed by atoms with E-state index in [1.807, 2.05) is 29.6 Å². The standard InChI is InChI=1S/C32H25Cl2N5O4S/c1-42-29-5-3-2-4-26(29)37-30(40)18-43-28-15-12-24(34)16-22(28)17-35-39-31(41)21-8-6-20(7-9-21)27-19-44-32(38-27)36-25-13-10-23(33)11-14-25/h2-17,19H,18H2,1H3,(H,36,38)(H,37,40)(H,39,41)/b35-17-. The highest BCUT2D eigenvalue weighted by Gasteiger charge is 2.11. The molecule has 0 saturated heterocycles. The summed E-state index contributed by atoms with van der Waals surface area (Å²) in [4.78, 5) is 29.8. The van der Waals surface area contributed by atoms with Crippen molar-refractivity contribution in [3.05, 3.63) is 118 Å². The van der Waals surface area contributed by atoms with Crippen molar-refractivity contribution in [3.63, 3.8) is 0 Å². The summed E-state index contributed by atoms with van der Waals surface area (Å²) < 4.78 is 11.0. The number of ether oxygens (including phenoxy) is 2. The molecule has 0 fully saturated rings. The molecule has 0 unspecified atom stereocenters. The molecule has 4 aromatic carbocycles. The van der Waals surface area contributed by atoms with Gasteiger partial charge in [0.1, 0.15) is 11.5 Å². The van der Waals surface area contributed by atoms with E-state index >= 15 is 0 Å². The highest BCUT2D eigenvalue weighted by Crippen LogP contribution is 2.28. The molecular weight excluding hydrogens is 621 g/mol. The zero-order valence-electron chi connectivity index (χ0n) is 23.2. The Morgan fingerprint density at radius 1 is 0.932 bits per heavy atom. The molecule has 0 saturated carbocycles. The molecule has 0 aliphatic carbocycles. The average Bonchev–Trinajstić information content (AvgIpc) is 3.50. The van der Waals surface area contributed by atoms with Crippen molar-refractivity contribution in [1.29, 1.82) is 0 Å². The van der Waals surface area contributed by atoms with Crippen LogP contribution in [0.3, 0.4) is 0 Å². The molecule has 5 rings (SSSR count). The van der Waals surface area contributed by atoms with E-state index < -0.39 is 5.91 Å². The Kier molecular flexibility index (Phi) is 10.1. The highest BCUT2D eigenvalue weighted by molar-refractivity contribution is 7.14. The Balaban J connectivity index is 1.17. The van der Waals surface area contributed by atoms with Crippen LogP contribution in [0.25, 0.3) is 11.3 Å². The first kappa shape index (κ1) is 30.6. The number of nitrogens with one attached hydrogen (secondary N) is 3. The molecule has 0 aliphatic heterocycles. The maximum Gasteiger partial charge on any atom is 0.271 e. The first-order valence-electron chi connectivity index (χ1n) is 13.1. The fraction of sp³-hybridized carbons (Fsp3) is 0.0625. The molecule has 44 heavy (non-hydrogen) atoms. The van der Waals surface area contributed by atoms with Crippen LogP contribution in [0, 0.1) is 0 Å². The van der Waals surface area contributed by atoms with Crippen molar-refractivity contribution >= 4 is 69.1 Å². The fourth-order valence-corrected chi connectivity index (χ4v) is 5.01. The van der Waals surface area contributed by atoms with Crippen LogP contribution in [-0.4, -0.2) is 36.7 Å². The molecule has 3 N–H and O–H groups in total. The van der Waals surface area contributed by atoms with E-state index in [0.717, 1.165) is 22.1 Å². The lowest BCUT2D eigenvalue weighted by atomic mass is 10.1. The third-order valence-corrected chi connectivity index (χ3v) is 7.37. The quantitative estimate of drug-likeness (QED) is 0.100. The van der Waals surface area contributed by atoms with Gasteiger partial charge in [-0.1, -0.05) is 47.5 Å². The van der Waals surface area contributed by atoms with E-state index in [9.17, 15) is 9.59 Å². The number of methoxy groups -OCH3 is 1. The van der Waals surface area contributed by atoms with Gasteiger partial charge in [0.2, 0.25) is 0 Å². The lowest BCUT2D eigenvalue weighted by Gasteiger charge is -2.12. The van der Waals surface area contributed by atoms with Crippen molar-refractivity contribution in [1.82, 2.24) is 10.4 Å². The van der Waals surface area contributed by atoms with Crippen LogP contribution >= 0.6 is 34.5 Å². The van der Waals surface area contributed by atoms with Crippen molar-refractivity contribution in [2.75, 3.05) is 24.4 Å². The lowest BCUT2D eigenvalue weighted by Crippen LogP contribution is -2.21. The van der Waals surface area contributed by atoms with Gasteiger partial charge in [-0.3, -0.25) is 9.59 Å². The van der Waals surface area contributed by atoms with Gasteiger partial charge in [-0.25, -0.2) is 10.4 Å². The van der Waals surface area contributed by atoms with Crippen LogP contribution in [0.1, 0.15) is 15.9 Å². The number of aromatic nitrogens is 1. The van der Waals surface area contributed by atoms with Crippen LogP contribution < -0.4 is 25.5 Å². The van der Waals surface area contributed by atoms with Crippen LogP contribution in [0.15, 0.2) is 101 Å². The van der Waals surface area contributed by atoms with Gasteiger partial charge in [0.15, 0.2) is 11.7 Å². The Morgan fingerprint density at radius 3 is 2.45 bits per heavy atom. The number of carbonyl (C=O) groups is 2. The summed E-state index contributed by atoms with van der Waals surface area (Å²) in [6.07, 6.45) is 1.40. The van der Waals surface area contributed by atoms with Crippen LogP contribution in [0.4, 0.5) is 16.5 Å². The molecule has 1 aromatic heterocycles. The normalized spacial score (nSPS) is 10.8. The minimum atomic E-state index is -0.406. The summed E-state index contributed by atoms with van der Waals surface area (Å²) >= 11 is 13.6. The average molecular weight is 647 g/mol. The maximum absolute atomic E-state index is 12.7. The van der Waals surface area contributed by atoms with Crippen molar-refractivity contribution in [2.45, 2.75) is 0 Å². The number of hydrazone groups is 1. The predicted octanol–water partition coefficient (Wildman–Crippen LogP) is 7.65. The largest absolute Gasteiger partial charge is 0.495 e. The Hall–Kier alpha value is -4.90. The third kappa shape index (κ3) is 8.13. The van der Waals surface area contributed by atoms with Crippen LogP contribution in [-0.2, 0) is 4.79 Å². The molecular formula is C32H25Cl2N5O4S. The number of benzene rings is 4. The number of hydrogen-bond acceptors (Lipinski definition) is 8. The Bertz CT molecular complexity index is 1790. The van der Waals surface area contributed by atoms with E-state index in [1.54, 1.807) is 66.7 Å². The molecule has 9 nitrogen and oxygen atoms in total. The van der Waals surface area contributed by atoms with Gasteiger partial charge in [0.05, 0.1) is 24.7 Å². The molecule has 0 radical (unpaired) electrons. The minimum absolute atomic E-state index is 0.267. The van der Waals surface area contributed by atoms with E-state index in [0.29, 0.717) is 38.4 Å². The van der Waals surface area contributed by atoms with E-state index in [1.165, 1.54) is 24.7 Å². The van der Waals surface area contributed by atoms with Gasteiger partial charge in [0.25, 0.3) is 11.8 Å². The second-order valence-corrected chi connectivity index (χ2v) is 10.9. The minimum Gasteiger partial charge on any atom is -0.495 e. The monoisotopic (exact) mass is 645 g/mol. The van der Waals surface area contributed by atoms with Crippen molar-refractivity contribution in [3.8, 4) is 22.8 Å². The Labute approximate surface area is 267 Å². The number of anilines is 3. The molecule has 0 bridgehead atoms. The maximum atomic E-state index is 12.7. The molecule has 1 heterocycles. The smallest absolute Gasteiger partial charge is 0.271 e. The fourth-order valence-electron chi connectivity index (χ4n) is 3.97. The summed E-state index contributed by atoms with van der Waals surface area (Å²) in [5, 5.41) is 13.8. The molecule has 5 aromatic rings. The summed E-state index contributed by atoms with van der Waals surface area (Å²) in [5.74, 6) is 0.109. The molecule has 2 amide bonds. The number of carbonyl (C=O) groups excluding carboxylic acids is 2. The second-order valence-electron chi connectivity index (χ2n) is 9.17. The third-order valence-electron chi connectivity index (χ3n) is 6.12. The number of thiazole rings is 1. The second kappa shape index (κ2) is 14.5. The van der Waals surface area contributed by atoms with Gasteiger partial charge in [-0.2, -0.15) is 5.10 Å². The summed E-state index contributed by atoms with van der Waals surface area (Å²) in [5.41, 5.74) is 6.45. The summed E-state index contributed by atoms with van der Waals surface area (Å²) in [6, 6.07) is 26.3. The zero-order chi connectivity index (χ0) is 30.9. The van der Waals surface area contributed by atoms with Crippen LogP contribution in [0.2, 0.25) is 10.0 Å². The first-order valence-corrected chi connectivity index (χ1v) is 14.8. The van der Waals surface area contributed by atoms with Gasteiger partial charge in [0, 0.05) is 37.8 Å².